The third kappa shape index (κ3) is 4.14. The number of nitrogens with one attached hydrogen (secondary N) is 1. The van der Waals surface area contributed by atoms with Gasteiger partial charge in [-0.25, -0.2) is 14.8 Å². The highest BCUT2D eigenvalue weighted by Gasteiger charge is 2.18. The van der Waals surface area contributed by atoms with E-state index in [4.69, 9.17) is 14.2 Å². The fourth-order valence-electron chi connectivity index (χ4n) is 2.76. The Bertz CT molecular complexity index is 982. The first-order chi connectivity index (χ1) is 13.5. The number of benzene rings is 1. The van der Waals surface area contributed by atoms with Crippen molar-refractivity contribution in [2.24, 2.45) is 0 Å². The number of aromatic nitrogens is 2. The first-order valence-corrected chi connectivity index (χ1v) is 8.99. The van der Waals surface area contributed by atoms with Crippen LogP contribution in [0.2, 0.25) is 0 Å². The Hall–Kier alpha value is -3.35. The van der Waals surface area contributed by atoms with Gasteiger partial charge in [0.15, 0.2) is 5.65 Å². The number of hydrogen-bond donors (Lipinski definition) is 1. The maximum Gasteiger partial charge on any atom is 0.341 e. The molecule has 0 spiro atoms. The van der Waals surface area contributed by atoms with Crippen molar-refractivity contribution >= 4 is 28.4 Å². The number of esters is 1. The molecule has 7 heteroatoms. The molecular formula is C21H23N3O4. The number of ether oxygens (including phenoxy) is 3. The standard InChI is InChI=1S/C21H23N3O4/c1-5-8-28-21(25)18-12-22-20-17(7-6-13(2)23-20)19(18)24-14-9-15(26-3)11-16(10-14)27-4/h6-7,9-12H,5,8H2,1-4H3,(H,22,23,24). The van der Waals surface area contributed by atoms with Crippen molar-refractivity contribution in [1.82, 2.24) is 9.97 Å². The number of hydrogen-bond acceptors (Lipinski definition) is 7. The van der Waals surface area contributed by atoms with Crippen molar-refractivity contribution in [3.05, 3.63) is 47.8 Å². The summed E-state index contributed by atoms with van der Waals surface area (Å²) in [6, 6.07) is 9.18. The van der Waals surface area contributed by atoms with Crippen LogP contribution in [0.4, 0.5) is 11.4 Å². The summed E-state index contributed by atoms with van der Waals surface area (Å²) in [6.07, 6.45) is 2.23. The molecule has 0 amide bonds. The topological polar surface area (TPSA) is 82.6 Å². The maximum atomic E-state index is 12.6. The molecule has 0 saturated carbocycles. The zero-order chi connectivity index (χ0) is 20.1. The minimum Gasteiger partial charge on any atom is -0.497 e. The predicted molar refractivity (Wildman–Crippen MR) is 108 cm³/mol. The van der Waals surface area contributed by atoms with Crippen LogP contribution in [0.15, 0.2) is 36.5 Å². The van der Waals surface area contributed by atoms with E-state index in [9.17, 15) is 4.79 Å². The number of fused-ring (bicyclic) bond motifs is 1. The van der Waals surface area contributed by atoms with E-state index in [2.05, 4.69) is 15.3 Å². The van der Waals surface area contributed by atoms with E-state index in [-0.39, 0.29) is 0 Å². The Kier molecular flexibility index (Phi) is 5.93. The third-order valence-electron chi connectivity index (χ3n) is 4.15. The molecule has 0 unspecified atom stereocenters. The van der Waals surface area contributed by atoms with Gasteiger partial charge in [0, 0.05) is 41.2 Å². The Morgan fingerprint density at radius 3 is 2.46 bits per heavy atom. The Labute approximate surface area is 163 Å². The summed E-state index contributed by atoms with van der Waals surface area (Å²) < 4.78 is 16.0. The second-order valence-corrected chi connectivity index (χ2v) is 6.23. The van der Waals surface area contributed by atoms with Gasteiger partial charge in [0.25, 0.3) is 0 Å². The minimum atomic E-state index is -0.436. The van der Waals surface area contributed by atoms with Gasteiger partial charge >= 0.3 is 5.97 Å². The second-order valence-electron chi connectivity index (χ2n) is 6.23. The van der Waals surface area contributed by atoms with Crippen molar-refractivity contribution < 1.29 is 19.0 Å². The second kappa shape index (κ2) is 8.56. The van der Waals surface area contributed by atoms with Crippen LogP contribution in [-0.2, 0) is 4.74 Å². The highest BCUT2D eigenvalue weighted by atomic mass is 16.5. The molecule has 0 fully saturated rings. The first-order valence-electron chi connectivity index (χ1n) is 8.99. The molecule has 0 aliphatic heterocycles. The van der Waals surface area contributed by atoms with E-state index >= 15 is 0 Å². The summed E-state index contributed by atoms with van der Waals surface area (Å²) >= 11 is 0. The highest BCUT2D eigenvalue weighted by Crippen LogP contribution is 2.33. The maximum absolute atomic E-state index is 12.6. The smallest absolute Gasteiger partial charge is 0.341 e. The van der Waals surface area contributed by atoms with Crippen molar-refractivity contribution in [3.8, 4) is 11.5 Å². The van der Waals surface area contributed by atoms with Crippen molar-refractivity contribution in [1.29, 1.82) is 0 Å². The lowest BCUT2D eigenvalue weighted by atomic mass is 10.1. The van der Waals surface area contributed by atoms with Crippen LogP contribution in [0.3, 0.4) is 0 Å². The number of aryl methyl sites for hydroxylation is 1. The molecule has 2 aromatic heterocycles. The molecule has 1 aromatic carbocycles. The minimum absolute atomic E-state index is 0.341. The monoisotopic (exact) mass is 381 g/mol. The molecule has 146 valence electrons. The average molecular weight is 381 g/mol. The van der Waals surface area contributed by atoms with Crippen LogP contribution in [0, 0.1) is 6.92 Å². The van der Waals surface area contributed by atoms with Gasteiger partial charge in [0.2, 0.25) is 0 Å². The van der Waals surface area contributed by atoms with Crippen LogP contribution in [0.25, 0.3) is 11.0 Å². The molecule has 3 aromatic rings. The fourth-order valence-corrected chi connectivity index (χ4v) is 2.76. The van der Waals surface area contributed by atoms with Gasteiger partial charge in [-0.15, -0.1) is 0 Å². The van der Waals surface area contributed by atoms with Gasteiger partial charge in [-0.2, -0.15) is 0 Å². The molecule has 0 radical (unpaired) electrons. The number of methoxy groups -OCH3 is 2. The third-order valence-corrected chi connectivity index (χ3v) is 4.15. The number of pyridine rings is 2. The Balaban J connectivity index is 2.12. The summed E-state index contributed by atoms with van der Waals surface area (Å²) in [7, 11) is 3.17. The number of rotatable bonds is 7. The zero-order valence-electron chi connectivity index (χ0n) is 16.4. The number of nitrogens with zero attached hydrogens (tertiary/aromatic N) is 2. The van der Waals surface area contributed by atoms with E-state index in [1.807, 2.05) is 38.1 Å². The molecule has 2 heterocycles. The van der Waals surface area contributed by atoms with E-state index < -0.39 is 5.97 Å². The van der Waals surface area contributed by atoms with Crippen LogP contribution in [0.1, 0.15) is 29.4 Å². The van der Waals surface area contributed by atoms with Crippen LogP contribution in [0.5, 0.6) is 11.5 Å². The van der Waals surface area contributed by atoms with E-state index in [1.54, 1.807) is 20.3 Å². The molecule has 0 saturated heterocycles. The molecule has 0 atom stereocenters. The fraction of sp³-hybridized carbons (Fsp3) is 0.286. The zero-order valence-corrected chi connectivity index (χ0v) is 16.4. The van der Waals surface area contributed by atoms with E-state index in [1.165, 1.54) is 6.20 Å². The molecule has 0 aliphatic rings. The summed E-state index contributed by atoms with van der Waals surface area (Å²) in [4.78, 5) is 21.4. The Morgan fingerprint density at radius 1 is 1.11 bits per heavy atom. The molecule has 7 nitrogen and oxygen atoms in total. The highest BCUT2D eigenvalue weighted by molar-refractivity contribution is 6.05. The van der Waals surface area contributed by atoms with Gasteiger partial charge in [0.1, 0.15) is 17.1 Å². The van der Waals surface area contributed by atoms with Crippen molar-refractivity contribution in [3.63, 3.8) is 0 Å². The average Bonchev–Trinajstić information content (AvgIpc) is 2.71. The summed E-state index contributed by atoms with van der Waals surface area (Å²) in [5.74, 6) is 0.822. The van der Waals surface area contributed by atoms with Crippen molar-refractivity contribution in [2.75, 3.05) is 26.1 Å². The van der Waals surface area contributed by atoms with Crippen LogP contribution < -0.4 is 14.8 Å². The normalized spacial score (nSPS) is 10.6. The van der Waals surface area contributed by atoms with Gasteiger partial charge < -0.3 is 19.5 Å². The van der Waals surface area contributed by atoms with Crippen molar-refractivity contribution in [2.45, 2.75) is 20.3 Å². The SMILES string of the molecule is CCCOC(=O)c1cnc2nc(C)ccc2c1Nc1cc(OC)cc(OC)c1. The van der Waals surface area contributed by atoms with Gasteiger partial charge in [-0.1, -0.05) is 6.92 Å². The molecule has 1 N–H and O–H groups in total. The summed E-state index contributed by atoms with van der Waals surface area (Å²) in [5, 5.41) is 4.02. The quantitative estimate of drug-likeness (QED) is 0.612. The van der Waals surface area contributed by atoms with Gasteiger partial charge in [-0.05, 0) is 25.5 Å². The van der Waals surface area contributed by atoms with E-state index in [0.717, 1.165) is 17.5 Å². The Morgan fingerprint density at radius 2 is 1.82 bits per heavy atom. The number of anilines is 2. The van der Waals surface area contributed by atoms with Crippen LogP contribution in [-0.4, -0.2) is 36.8 Å². The lowest BCUT2D eigenvalue weighted by Crippen LogP contribution is -2.10. The molecule has 0 bridgehead atoms. The van der Waals surface area contributed by atoms with E-state index in [0.29, 0.717) is 40.7 Å². The number of carbonyl (C=O) groups is 1. The largest absolute Gasteiger partial charge is 0.497 e. The summed E-state index contributed by atoms with van der Waals surface area (Å²) in [5.41, 5.74) is 3.01. The molecule has 3 rings (SSSR count). The van der Waals surface area contributed by atoms with Gasteiger partial charge in [0.05, 0.1) is 26.5 Å². The van der Waals surface area contributed by atoms with Crippen LogP contribution >= 0.6 is 0 Å². The molecule has 28 heavy (non-hydrogen) atoms. The predicted octanol–water partition coefficient (Wildman–Crippen LogP) is 4.27. The number of carbonyl (C=O) groups excluding carboxylic acids is 1. The molecule has 0 aliphatic carbocycles. The summed E-state index contributed by atoms with van der Waals surface area (Å²) in [6.45, 7) is 4.18. The molecular weight excluding hydrogens is 358 g/mol. The van der Waals surface area contributed by atoms with Gasteiger partial charge in [-0.3, -0.25) is 0 Å². The lowest BCUT2D eigenvalue weighted by Gasteiger charge is -2.15. The first kappa shape index (κ1) is 19.4. The lowest BCUT2D eigenvalue weighted by molar-refractivity contribution is 0.0506.